The number of para-hydroxylation sites is 1. The van der Waals surface area contributed by atoms with Gasteiger partial charge in [-0.05, 0) is 31.4 Å². The van der Waals surface area contributed by atoms with Crippen molar-refractivity contribution < 1.29 is 9.59 Å². The number of rotatable bonds is 1. The number of hydrogen-bond donors (Lipinski definition) is 0. The minimum atomic E-state index is -0.180. The van der Waals surface area contributed by atoms with E-state index in [0.29, 0.717) is 12.8 Å². The number of fused-ring (bicyclic) bond motifs is 1. The van der Waals surface area contributed by atoms with Gasteiger partial charge in [-0.1, -0.05) is 50.1 Å². The van der Waals surface area contributed by atoms with Gasteiger partial charge in [-0.25, -0.2) is 4.90 Å². The highest BCUT2D eigenvalue weighted by molar-refractivity contribution is 9.12. The van der Waals surface area contributed by atoms with Gasteiger partial charge in [0.05, 0.1) is 17.5 Å². The highest BCUT2D eigenvalue weighted by Crippen LogP contribution is 2.44. The number of carbonyl (C=O) groups is 2. The van der Waals surface area contributed by atoms with Gasteiger partial charge >= 0.3 is 0 Å². The van der Waals surface area contributed by atoms with E-state index in [0.717, 1.165) is 11.3 Å². The number of halogens is 2. The van der Waals surface area contributed by atoms with Gasteiger partial charge in [0.15, 0.2) is 0 Å². The number of benzene rings is 1. The molecule has 1 saturated carbocycles. The first-order valence-corrected chi connectivity index (χ1v) is 8.55. The molecule has 1 heterocycles. The summed E-state index contributed by atoms with van der Waals surface area (Å²) in [4.78, 5) is 27.1. The molecule has 3 rings (SSSR count). The van der Waals surface area contributed by atoms with Gasteiger partial charge in [-0.2, -0.15) is 0 Å². The monoisotopic (exact) mass is 399 g/mol. The first-order valence-electron chi connectivity index (χ1n) is 6.72. The minimum Gasteiger partial charge on any atom is -0.274 e. The minimum absolute atomic E-state index is 0.0434. The van der Waals surface area contributed by atoms with E-state index in [-0.39, 0.29) is 33.3 Å². The Balaban J connectivity index is 1.97. The molecule has 0 unspecified atom stereocenters. The van der Waals surface area contributed by atoms with Gasteiger partial charge in [0.25, 0.3) is 0 Å². The van der Waals surface area contributed by atoms with Gasteiger partial charge in [0.1, 0.15) is 0 Å². The Morgan fingerprint density at radius 3 is 2.00 bits per heavy atom. The number of imide groups is 1. The van der Waals surface area contributed by atoms with Crippen LogP contribution < -0.4 is 4.90 Å². The molecule has 1 saturated heterocycles. The van der Waals surface area contributed by atoms with Crippen molar-refractivity contribution in [2.75, 3.05) is 4.90 Å². The highest BCUT2D eigenvalue weighted by atomic mass is 79.9. The van der Waals surface area contributed by atoms with E-state index >= 15 is 0 Å². The smallest absolute Gasteiger partial charge is 0.237 e. The fourth-order valence-electron chi connectivity index (χ4n) is 3.15. The molecule has 0 bridgehead atoms. The molecule has 0 N–H and O–H groups in total. The van der Waals surface area contributed by atoms with Crippen LogP contribution in [0, 0.1) is 18.8 Å². The summed E-state index contributed by atoms with van der Waals surface area (Å²) in [6.07, 6.45) is 1.43. The van der Waals surface area contributed by atoms with Gasteiger partial charge < -0.3 is 0 Å². The molecule has 2 amide bonds. The Kier molecular flexibility index (Phi) is 3.75. The quantitative estimate of drug-likeness (QED) is 0.535. The average molecular weight is 401 g/mol. The lowest BCUT2D eigenvalue weighted by molar-refractivity contribution is -0.122. The fraction of sp³-hybridized carbons (Fsp3) is 0.467. The maximum absolute atomic E-state index is 12.6. The molecule has 0 spiro atoms. The van der Waals surface area contributed by atoms with E-state index in [1.807, 2.05) is 31.2 Å². The molecule has 0 aromatic heterocycles. The van der Waals surface area contributed by atoms with Gasteiger partial charge in [0.2, 0.25) is 11.8 Å². The summed E-state index contributed by atoms with van der Waals surface area (Å²) in [6, 6.07) is 7.56. The van der Waals surface area contributed by atoms with Crippen LogP contribution in [0.25, 0.3) is 0 Å². The van der Waals surface area contributed by atoms with Crippen LogP contribution in [0.15, 0.2) is 24.3 Å². The van der Waals surface area contributed by atoms with E-state index in [9.17, 15) is 9.59 Å². The highest BCUT2D eigenvalue weighted by Gasteiger charge is 2.52. The summed E-state index contributed by atoms with van der Waals surface area (Å²) in [6.45, 7) is 1.93. The topological polar surface area (TPSA) is 37.4 Å². The van der Waals surface area contributed by atoms with Crippen molar-refractivity contribution in [1.29, 1.82) is 0 Å². The van der Waals surface area contributed by atoms with E-state index < -0.39 is 0 Å². The molecule has 2 aliphatic rings. The van der Waals surface area contributed by atoms with E-state index in [1.54, 1.807) is 0 Å². The van der Waals surface area contributed by atoms with Crippen molar-refractivity contribution in [2.45, 2.75) is 29.4 Å². The third-order valence-electron chi connectivity index (χ3n) is 4.27. The second-order valence-corrected chi connectivity index (χ2v) is 7.87. The van der Waals surface area contributed by atoms with Crippen molar-refractivity contribution in [3.63, 3.8) is 0 Å². The van der Waals surface area contributed by atoms with Crippen molar-refractivity contribution in [2.24, 2.45) is 11.8 Å². The van der Waals surface area contributed by atoms with Crippen LogP contribution in [-0.2, 0) is 9.59 Å². The second-order valence-electron chi connectivity index (χ2n) is 5.51. The van der Waals surface area contributed by atoms with Gasteiger partial charge in [-0.15, -0.1) is 0 Å². The molecule has 1 aromatic carbocycles. The molecule has 4 atom stereocenters. The molecule has 106 valence electrons. The Labute approximate surface area is 135 Å². The Morgan fingerprint density at radius 1 is 1.00 bits per heavy atom. The predicted molar refractivity (Wildman–Crippen MR) is 85.3 cm³/mol. The lowest BCUT2D eigenvalue weighted by Crippen LogP contribution is -2.34. The number of anilines is 1. The number of carbonyl (C=O) groups excluding carboxylic acids is 2. The zero-order chi connectivity index (χ0) is 14.4. The third kappa shape index (κ3) is 2.15. The average Bonchev–Trinajstić information content (AvgIpc) is 2.64. The largest absolute Gasteiger partial charge is 0.274 e. The summed E-state index contributed by atoms with van der Waals surface area (Å²) in [5.74, 6) is -0.447. The van der Waals surface area contributed by atoms with E-state index in [2.05, 4.69) is 31.9 Å². The lowest BCUT2D eigenvalue weighted by atomic mass is 9.81. The van der Waals surface area contributed by atoms with E-state index in [4.69, 9.17) is 0 Å². The number of nitrogens with zero attached hydrogens (tertiary/aromatic N) is 1. The molecule has 0 radical (unpaired) electrons. The maximum Gasteiger partial charge on any atom is 0.237 e. The number of alkyl halides is 2. The lowest BCUT2D eigenvalue weighted by Gasteiger charge is -2.29. The molecule has 1 aromatic rings. The zero-order valence-electron chi connectivity index (χ0n) is 11.1. The second kappa shape index (κ2) is 5.26. The zero-order valence-corrected chi connectivity index (χ0v) is 14.2. The van der Waals surface area contributed by atoms with Crippen LogP contribution in [-0.4, -0.2) is 21.5 Å². The number of amides is 2. The third-order valence-corrected chi connectivity index (χ3v) is 7.00. The molecule has 1 aliphatic carbocycles. The van der Waals surface area contributed by atoms with Crippen LogP contribution in [0.3, 0.4) is 0 Å². The van der Waals surface area contributed by atoms with Gasteiger partial charge in [0, 0.05) is 9.65 Å². The molecular formula is C15H15Br2NO2. The summed E-state index contributed by atoms with van der Waals surface area (Å²) in [5, 5.41) is 0. The number of hydrogen-bond acceptors (Lipinski definition) is 2. The summed E-state index contributed by atoms with van der Waals surface area (Å²) >= 11 is 7.20. The fourth-order valence-corrected chi connectivity index (χ4v) is 4.38. The normalized spacial score (nSPS) is 33.5. The molecule has 1 aliphatic heterocycles. The molecular weight excluding hydrogens is 386 g/mol. The standard InChI is InChI=1S/C15H15Br2NO2/c1-8-4-2-3-5-13(8)18-14(19)9-6-11(16)12(17)7-10(9)15(18)20/h2-5,9-12H,6-7H2,1H3/t9-,10-,11+,12+/m0/s1. The van der Waals surface area contributed by atoms with Crippen LogP contribution in [0.4, 0.5) is 5.69 Å². The SMILES string of the molecule is Cc1ccccc1N1C(=O)[C@H]2C[C@@H](Br)[C@H](Br)C[C@@H]2C1=O. The van der Waals surface area contributed by atoms with Crippen LogP contribution in [0.5, 0.6) is 0 Å². The first kappa shape index (κ1) is 14.3. The summed E-state index contributed by atoms with van der Waals surface area (Å²) < 4.78 is 0. The molecule has 2 fully saturated rings. The van der Waals surface area contributed by atoms with Crippen LogP contribution in [0.1, 0.15) is 18.4 Å². The van der Waals surface area contributed by atoms with E-state index in [1.165, 1.54) is 4.90 Å². The van der Waals surface area contributed by atoms with Crippen molar-refractivity contribution >= 4 is 49.4 Å². The Morgan fingerprint density at radius 2 is 1.50 bits per heavy atom. The predicted octanol–water partition coefficient (Wildman–Crippen LogP) is 3.42. The van der Waals surface area contributed by atoms with Crippen molar-refractivity contribution in [3.05, 3.63) is 29.8 Å². The number of aryl methyl sites for hydroxylation is 1. The van der Waals surface area contributed by atoms with Crippen LogP contribution >= 0.6 is 31.9 Å². The maximum atomic E-state index is 12.6. The molecule has 20 heavy (non-hydrogen) atoms. The Hall–Kier alpha value is -0.680. The summed E-state index contributed by atoms with van der Waals surface area (Å²) in [5.41, 5.74) is 1.69. The van der Waals surface area contributed by atoms with Crippen LogP contribution in [0.2, 0.25) is 0 Å². The van der Waals surface area contributed by atoms with Crippen molar-refractivity contribution in [3.8, 4) is 0 Å². The molecule has 3 nitrogen and oxygen atoms in total. The van der Waals surface area contributed by atoms with Gasteiger partial charge in [-0.3, -0.25) is 9.59 Å². The molecule has 5 heteroatoms. The Bertz CT molecular complexity index is 547. The summed E-state index contributed by atoms with van der Waals surface area (Å²) in [7, 11) is 0. The van der Waals surface area contributed by atoms with Crippen molar-refractivity contribution in [1.82, 2.24) is 0 Å². The first-order chi connectivity index (χ1) is 9.50.